The Morgan fingerprint density at radius 1 is 1.07 bits per heavy atom. The second-order valence-electron chi connectivity index (χ2n) is 7.12. The van der Waals surface area contributed by atoms with E-state index in [2.05, 4.69) is 19.7 Å². The van der Waals surface area contributed by atoms with Gasteiger partial charge in [0, 0.05) is 51.5 Å². The summed E-state index contributed by atoms with van der Waals surface area (Å²) < 4.78 is 13.0. The molecule has 3 rings (SSSR count). The van der Waals surface area contributed by atoms with E-state index in [0.29, 0.717) is 5.96 Å². The number of rotatable bonds is 5. The van der Waals surface area contributed by atoms with E-state index in [-0.39, 0.29) is 35.9 Å². The molecule has 0 amide bonds. The Hall–Kier alpha value is -1.13. The lowest BCUT2D eigenvalue weighted by atomic mass is 10.1. The van der Waals surface area contributed by atoms with Crippen molar-refractivity contribution in [2.45, 2.75) is 25.4 Å². The van der Waals surface area contributed by atoms with Crippen LogP contribution in [0.1, 0.15) is 19.3 Å². The van der Waals surface area contributed by atoms with E-state index in [1.165, 1.54) is 12.1 Å². The highest BCUT2D eigenvalue weighted by Gasteiger charge is 2.19. The number of piperidine rings is 1. The van der Waals surface area contributed by atoms with Gasteiger partial charge in [-0.2, -0.15) is 0 Å². The number of nitrogens with two attached hydrogens (primary N) is 1. The molecule has 6 nitrogen and oxygen atoms in total. The van der Waals surface area contributed by atoms with Gasteiger partial charge in [-0.1, -0.05) is 0 Å². The first kappa shape index (κ1) is 22.2. The van der Waals surface area contributed by atoms with Crippen molar-refractivity contribution < 1.29 is 9.50 Å². The van der Waals surface area contributed by atoms with Crippen LogP contribution in [-0.4, -0.2) is 79.3 Å². The van der Waals surface area contributed by atoms with Crippen LogP contribution in [0.15, 0.2) is 29.3 Å². The number of guanidine groups is 1. The second-order valence-corrected chi connectivity index (χ2v) is 7.12. The highest BCUT2D eigenvalue weighted by atomic mass is 127. The summed E-state index contributed by atoms with van der Waals surface area (Å²) in [5, 5.41) is 9.53. The first-order valence-corrected chi connectivity index (χ1v) is 9.57. The van der Waals surface area contributed by atoms with Crippen LogP contribution in [-0.2, 0) is 0 Å². The maximum absolute atomic E-state index is 13.0. The number of hydrogen-bond acceptors (Lipinski definition) is 4. The molecule has 1 aromatic rings. The quantitative estimate of drug-likeness (QED) is 0.284. The summed E-state index contributed by atoms with van der Waals surface area (Å²) in [7, 11) is 0. The highest BCUT2D eigenvalue weighted by molar-refractivity contribution is 14.0. The lowest BCUT2D eigenvalue weighted by Gasteiger charge is -2.36. The molecule has 8 heteroatoms. The molecular formula is C19H31FIN5O. The summed E-state index contributed by atoms with van der Waals surface area (Å²) in [6, 6.07) is 6.64. The number of nitrogens with zero attached hydrogens (tertiary/aromatic N) is 4. The van der Waals surface area contributed by atoms with Crippen LogP contribution in [0, 0.1) is 5.82 Å². The number of halogens is 2. The van der Waals surface area contributed by atoms with Gasteiger partial charge in [0.1, 0.15) is 5.82 Å². The minimum Gasteiger partial charge on any atom is -0.393 e. The molecule has 2 heterocycles. The van der Waals surface area contributed by atoms with Crippen LogP contribution < -0.4 is 10.6 Å². The SMILES string of the molecule is I.NC(=NCCCN1CCC(O)CC1)N1CCN(c2ccc(F)cc2)CC1. The number of benzene rings is 1. The Labute approximate surface area is 178 Å². The molecule has 2 fully saturated rings. The monoisotopic (exact) mass is 491 g/mol. The fourth-order valence-electron chi connectivity index (χ4n) is 3.58. The third-order valence-corrected chi connectivity index (χ3v) is 5.26. The van der Waals surface area contributed by atoms with E-state index in [0.717, 1.165) is 77.3 Å². The maximum atomic E-state index is 13.0. The predicted octanol–water partition coefficient (Wildman–Crippen LogP) is 1.73. The molecule has 0 bridgehead atoms. The Kier molecular flexibility index (Phi) is 9.04. The summed E-state index contributed by atoms with van der Waals surface area (Å²) in [4.78, 5) is 11.3. The summed E-state index contributed by atoms with van der Waals surface area (Å²) in [5.41, 5.74) is 7.20. The minimum atomic E-state index is -0.204. The zero-order valence-electron chi connectivity index (χ0n) is 15.8. The molecular weight excluding hydrogens is 460 g/mol. The van der Waals surface area contributed by atoms with Crippen LogP contribution in [0.2, 0.25) is 0 Å². The fourth-order valence-corrected chi connectivity index (χ4v) is 3.58. The number of aliphatic imine (C=N–C) groups is 1. The lowest BCUT2D eigenvalue weighted by molar-refractivity contribution is 0.0824. The number of likely N-dealkylation sites (tertiary alicyclic amines) is 1. The van der Waals surface area contributed by atoms with Crippen molar-refractivity contribution in [1.29, 1.82) is 0 Å². The van der Waals surface area contributed by atoms with Gasteiger partial charge in [0.25, 0.3) is 0 Å². The standard InChI is InChI=1S/C19H30FN5O.HI/c20-16-2-4-17(5-3-16)24-12-14-25(15-13-24)19(21)22-8-1-9-23-10-6-18(26)7-11-23;/h2-5,18,26H,1,6-15H2,(H2,21,22);1H. The maximum Gasteiger partial charge on any atom is 0.191 e. The molecule has 2 saturated heterocycles. The molecule has 0 saturated carbocycles. The molecule has 1 aromatic carbocycles. The number of aliphatic hydroxyl groups excluding tert-OH is 1. The minimum absolute atomic E-state index is 0. The van der Waals surface area contributed by atoms with Gasteiger partial charge in [-0.05, 0) is 50.1 Å². The van der Waals surface area contributed by atoms with Gasteiger partial charge in [-0.25, -0.2) is 4.39 Å². The number of piperazine rings is 1. The predicted molar refractivity (Wildman–Crippen MR) is 118 cm³/mol. The fraction of sp³-hybridized carbons (Fsp3) is 0.632. The zero-order valence-corrected chi connectivity index (χ0v) is 18.1. The molecule has 152 valence electrons. The molecule has 2 aliphatic heterocycles. The van der Waals surface area contributed by atoms with Crippen molar-refractivity contribution in [2.75, 3.05) is 57.3 Å². The van der Waals surface area contributed by atoms with Crippen molar-refractivity contribution in [3.05, 3.63) is 30.1 Å². The van der Waals surface area contributed by atoms with E-state index >= 15 is 0 Å². The average Bonchev–Trinajstić information content (AvgIpc) is 2.67. The van der Waals surface area contributed by atoms with Crippen LogP contribution in [0.5, 0.6) is 0 Å². The van der Waals surface area contributed by atoms with Gasteiger partial charge >= 0.3 is 0 Å². The molecule has 0 unspecified atom stereocenters. The van der Waals surface area contributed by atoms with Gasteiger partial charge in [0.15, 0.2) is 5.96 Å². The molecule has 2 aliphatic rings. The van der Waals surface area contributed by atoms with E-state index in [1.54, 1.807) is 0 Å². The second kappa shape index (κ2) is 11.0. The molecule has 0 atom stereocenters. The van der Waals surface area contributed by atoms with Crippen LogP contribution in [0.3, 0.4) is 0 Å². The third-order valence-electron chi connectivity index (χ3n) is 5.26. The van der Waals surface area contributed by atoms with Crippen molar-refractivity contribution in [3.8, 4) is 0 Å². The van der Waals surface area contributed by atoms with Crippen LogP contribution in [0.25, 0.3) is 0 Å². The third kappa shape index (κ3) is 6.76. The van der Waals surface area contributed by atoms with Crippen LogP contribution >= 0.6 is 24.0 Å². The van der Waals surface area contributed by atoms with E-state index in [4.69, 9.17) is 5.73 Å². The highest BCUT2D eigenvalue weighted by Crippen LogP contribution is 2.16. The zero-order chi connectivity index (χ0) is 18.4. The van der Waals surface area contributed by atoms with E-state index < -0.39 is 0 Å². The molecule has 0 aromatic heterocycles. The Morgan fingerprint density at radius 2 is 1.70 bits per heavy atom. The largest absolute Gasteiger partial charge is 0.393 e. The Morgan fingerprint density at radius 3 is 2.33 bits per heavy atom. The summed E-state index contributed by atoms with van der Waals surface area (Å²) in [5.74, 6) is 0.419. The Bertz CT molecular complexity index is 584. The Balaban J connectivity index is 0.00000261. The normalized spacial score (nSPS) is 19.9. The molecule has 0 spiro atoms. The van der Waals surface area contributed by atoms with E-state index in [1.807, 2.05) is 12.1 Å². The molecule has 0 radical (unpaired) electrons. The summed E-state index contributed by atoms with van der Waals surface area (Å²) in [6.45, 7) is 7.09. The van der Waals surface area contributed by atoms with Gasteiger partial charge in [-0.15, -0.1) is 24.0 Å². The van der Waals surface area contributed by atoms with Crippen molar-refractivity contribution in [1.82, 2.24) is 9.80 Å². The summed E-state index contributed by atoms with van der Waals surface area (Å²) >= 11 is 0. The molecule has 3 N–H and O–H groups in total. The van der Waals surface area contributed by atoms with Crippen molar-refractivity contribution in [3.63, 3.8) is 0 Å². The van der Waals surface area contributed by atoms with Gasteiger partial charge in [0.2, 0.25) is 0 Å². The van der Waals surface area contributed by atoms with Crippen molar-refractivity contribution in [2.24, 2.45) is 10.7 Å². The number of aliphatic hydroxyl groups is 1. The summed E-state index contributed by atoms with van der Waals surface area (Å²) in [6.07, 6.45) is 2.63. The molecule has 27 heavy (non-hydrogen) atoms. The first-order valence-electron chi connectivity index (χ1n) is 9.57. The smallest absolute Gasteiger partial charge is 0.191 e. The van der Waals surface area contributed by atoms with Crippen molar-refractivity contribution >= 4 is 35.6 Å². The number of anilines is 1. The first-order chi connectivity index (χ1) is 12.6. The molecule has 0 aliphatic carbocycles. The van der Waals surface area contributed by atoms with Crippen LogP contribution in [0.4, 0.5) is 10.1 Å². The van der Waals surface area contributed by atoms with Gasteiger partial charge in [-0.3, -0.25) is 4.99 Å². The lowest BCUT2D eigenvalue weighted by Crippen LogP contribution is -2.51. The van der Waals surface area contributed by atoms with Gasteiger partial charge < -0.3 is 25.5 Å². The van der Waals surface area contributed by atoms with E-state index in [9.17, 15) is 9.50 Å². The van der Waals surface area contributed by atoms with Gasteiger partial charge in [0.05, 0.1) is 6.10 Å². The average molecular weight is 491 g/mol. The topological polar surface area (TPSA) is 68.3 Å². The number of hydrogen-bond donors (Lipinski definition) is 2.